The SMILES string of the molecule is CCC(=O)c1ccc(OCc2ccccc2)c(CO)c1. The van der Waals surface area contributed by atoms with Gasteiger partial charge in [-0.25, -0.2) is 0 Å². The Kier molecular flexibility index (Phi) is 4.91. The number of rotatable bonds is 6. The van der Waals surface area contributed by atoms with Crippen molar-refractivity contribution in [2.24, 2.45) is 0 Å². The highest BCUT2D eigenvalue weighted by molar-refractivity contribution is 5.96. The summed E-state index contributed by atoms with van der Waals surface area (Å²) in [6.07, 6.45) is 0.453. The molecule has 2 aromatic rings. The number of aliphatic hydroxyl groups is 1. The molecule has 3 nitrogen and oxygen atoms in total. The lowest BCUT2D eigenvalue weighted by molar-refractivity contribution is 0.0988. The lowest BCUT2D eigenvalue weighted by Gasteiger charge is -2.11. The zero-order chi connectivity index (χ0) is 14.4. The molecular formula is C17H18O3. The maximum Gasteiger partial charge on any atom is 0.162 e. The zero-order valence-electron chi connectivity index (χ0n) is 11.5. The van der Waals surface area contributed by atoms with Crippen LogP contribution in [0.3, 0.4) is 0 Å². The maximum atomic E-state index is 11.6. The molecule has 0 bridgehead atoms. The van der Waals surface area contributed by atoms with E-state index in [0.717, 1.165) is 5.56 Å². The van der Waals surface area contributed by atoms with Crippen molar-refractivity contribution in [1.82, 2.24) is 0 Å². The summed E-state index contributed by atoms with van der Waals surface area (Å²) in [5.41, 5.74) is 2.31. The third-order valence-electron chi connectivity index (χ3n) is 3.11. The predicted octanol–water partition coefficient (Wildman–Crippen LogP) is 3.35. The van der Waals surface area contributed by atoms with Crippen LogP contribution in [0.4, 0.5) is 0 Å². The summed E-state index contributed by atoms with van der Waals surface area (Å²) in [4.78, 5) is 11.6. The molecule has 0 atom stereocenters. The van der Waals surface area contributed by atoms with Crippen LogP contribution in [0.2, 0.25) is 0 Å². The Labute approximate surface area is 118 Å². The zero-order valence-corrected chi connectivity index (χ0v) is 11.5. The number of benzene rings is 2. The highest BCUT2D eigenvalue weighted by Gasteiger charge is 2.09. The first kappa shape index (κ1) is 14.3. The van der Waals surface area contributed by atoms with Crippen molar-refractivity contribution >= 4 is 5.78 Å². The van der Waals surface area contributed by atoms with Gasteiger partial charge in [-0.05, 0) is 23.8 Å². The molecule has 2 aromatic carbocycles. The minimum atomic E-state index is -0.144. The Morgan fingerprint density at radius 3 is 2.55 bits per heavy atom. The van der Waals surface area contributed by atoms with E-state index < -0.39 is 0 Å². The number of carbonyl (C=O) groups excluding carboxylic acids is 1. The molecule has 0 aliphatic heterocycles. The van der Waals surface area contributed by atoms with E-state index in [0.29, 0.717) is 29.9 Å². The van der Waals surface area contributed by atoms with Crippen LogP contribution < -0.4 is 4.74 Å². The van der Waals surface area contributed by atoms with Crippen LogP contribution in [0.1, 0.15) is 34.8 Å². The monoisotopic (exact) mass is 270 g/mol. The molecule has 0 aliphatic carbocycles. The quantitative estimate of drug-likeness (QED) is 0.819. The molecule has 0 spiro atoms. The molecule has 104 valence electrons. The average Bonchev–Trinajstić information content (AvgIpc) is 2.53. The first-order chi connectivity index (χ1) is 9.74. The fourth-order valence-electron chi connectivity index (χ4n) is 1.96. The average molecular weight is 270 g/mol. The maximum absolute atomic E-state index is 11.6. The van der Waals surface area contributed by atoms with E-state index in [1.54, 1.807) is 18.2 Å². The van der Waals surface area contributed by atoms with Crippen molar-refractivity contribution in [3.63, 3.8) is 0 Å². The first-order valence-corrected chi connectivity index (χ1v) is 6.68. The fraction of sp³-hybridized carbons (Fsp3) is 0.235. The van der Waals surface area contributed by atoms with E-state index in [9.17, 15) is 9.90 Å². The van der Waals surface area contributed by atoms with E-state index in [1.165, 1.54) is 0 Å². The molecule has 0 saturated carbocycles. The Bertz CT molecular complexity index is 576. The molecule has 20 heavy (non-hydrogen) atoms. The van der Waals surface area contributed by atoms with Gasteiger partial charge in [0.2, 0.25) is 0 Å². The van der Waals surface area contributed by atoms with Crippen LogP contribution in [0.5, 0.6) is 5.75 Å². The van der Waals surface area contributed by atoms with E-state index in [2.05, 4.69) is 0 Å². The van der Waals surface area contributed by atoms with Gasteiger partial charge in [0.1, 0.15) is 12.4 Å². The summed E-state index contributed by atoms with van der Waals surface area (Å²) in [6.45, 7) is 2.12. The largest absolute Gasteiger partial charge is 0.489 e. The van der Waals surface area contributed by atoms with Gasteiger partial charge in [0, 0.05) is 17.5 Å². The summed E-state index contributed by atoms with van der Waals surface area (Å²) in [5.74, 6) is 0.679. The third-order valence-corrected chi connectivity index (χ3v) is 3.11. The van der Waals surface area contributed by atoms with Crippen molar-refractivity contribution in [2.75, 3.05) is 0 Å². The summed E-state index contributed by atoms with van der Waals surface area (Å²) in [5, 5.41) is 9.40. The number of Topliss-reactive ketones (excluding diaryl/α,β-unsaturated/α-hetero) is 1. The molecule has 0 unspecified atom stereocenters. The van der Waals surface area contributed by atoms with Crippen molar-refractivity contribution in [1.29, 1.82) is 0 Å². The predicted molar refractivity (Wildman–Crippen MR) is 77.8 cm³/mol. The number of hydrogen-bond acceptors (Lipinski definition) is 3. The Balaban J connectivity index is 2.13. The van der Waals surface area contributed by atoms with Crippen LogP contribution in [0.15, 0.2) is 48.5 Å². The number of carbonyl (C=O) groups is 1. The summed E-state index contributed by atoms with van der Waals surface area (Å²) < 4.78 is 5.71. The van der Waals surface area contributed by atoms with Crippen molar-refractivity contribution in [3.8, 4) is 5.75 Å². The summed E-state index contributed by atoms with van der Waals surface area (Å²) in [6, 6.07) is 15.0. The molecular weight excluding hydrogens is 252 g/mol. The standard InChI is InChI=1S/C17H18O3/c1-2-16(19)14-8-9-17(15(10-14)11-18)20-12-13-6-4-3-5-7-13/h3-10,18H,2,11-12H2,1H3. The lowest BCUT2D eigenvalue weighted by Crippen LogP contribution is -2.02. The molecule has 0 aromatic heterocycles. The smallest absolute Gasteiger partial charge is 0.162 e. The van der Waals surface area contributed by atoms with E-state index in [1.807, 2.05) is 37.3 Å². The van der Waals surface area contributed by atoms with Gasteiger partial charge in [0.05, 0.1) is 6.61 Å². The number of aliphatic hydroxyl groups excluding tert-OH is 1. The van der Waals surface area contributed by atoms with Gasteiger partial charge < -0.3 is 9.84 Å². The van der Waals surface area contributed by atoms with Gasteiger partial charge >= 0.3 is 0 Å². The van der Waals surface area contributed by atoms with Crippen molar-refractivity contribution in [2.45, 2.75) is 26.6 Å². The van der Waals surface area contributed by atoms with Crippen LogP contribution in [0, 0.1) is 0 Å². The molecule has 0 fully saturated rings. The van der Waals surface area contributed by atoms with Gasteiger partial charge in [0.25, 0.3) is 0 Å². The van der Waals surface area contributed by atoms with Crippen molar-refractivity contribution in [3.05, 3.63) is 65.2 Å². The highest BCUT2D eigenvalue weighted by Crippen LogP contribution is 2.22. The molecule has 3 heteroatoms. The fourth-order valence-corrected chi connectivity index (χ4v) is 1.96. The van der Waals surface area contributed by atoms with Crippen molar-refractivity contribution < 1.29 is 14.6 Å². The highest BCUT2D eigenvalue weighted by atomic mass is 16.5. The lowest BCUT2D eigenvalue weighted by atomic mass is 10.1. The molecule has 0 aliphatic rings. The topological polar surface area (TPSA) is 46.5 Å². The summed E-state index contributed by atoms with van der Waals surface area (Å²) in [7, 11) is 0. The van der Waals surface area contributed by atoms with E-state index >= 15 is 0 Å². The minimum absolute atomic E-state index is 0.0642. The van der Waals surface area contributed by atoms with Crippen LogP contribution in [-0.4, -0.2) is 10.9 Å². The molecule has 0 amide bonds. The summed E-state index contributed by atoms with van der Waals surface area (Å²) >= 11 is 0. The molecule has 2 rings (SSSR count). The van der Waals surface area contributed by atoms with Gasteiger partial charge in [-0.3, -0.25) is 4.79 Å². The first-order valence-electron chi connectivity index (χ1n) is 6.68. The van der Waals surface area contributed by atoms with Gasteiger partial charge in [-0.1, -0.05) is 37.3 Å². The van der Waals surface area contributed by atoms with E-state index in [4.69, 9.17) is 4.74 Å². The molecule has 0 saturated heterocycles. The Morgan fingerprint density at radius 1 is 1.15 bits per heavy atom. The molecule has 1 N–H and O–H groups in total. The number of ether oxygens (including phenoxy) is 1. The van der Waals surface area contributed by atoms with Crippen LogP contribution in [-0.2, 0) is 13.2 Å². The third kappa shape index (κ3) is 3.45. The normalized spacial score (nSPS) is 10.3. The second-order valence-corrected chi connectivity index (χ2v) is 4.53. The number of hydrogen-bond donors (Lipinski definition) is 1. The van der Waals surface area contributed by atoms with E-state index in [-0.39, 0.29) is 12.4 Å². The Hall–Kier alpha value is -2.13. The van der Waals surface area contributed by atoms with Crippen LogP contribution in [0.25, 0.3) is 0 Å². The van der Waals surface area contributed by atoms with Gasteiger partial charge in [-0.2, -0.15) is 0 Å². The second kappa shape index (κ2) is 6.87. The van der Waals surface area contributed by atoms with Crippen LogP contribution >= 0.6 is 0 Å². The molecule has 0 heterocycles. The number of ketones is 1. The second-order valence-electron chi connectivity index (χ2n) is 4.53. The molecule has 0 radical (unpaired) electrons. The minimum Gasteiger partial charge on any atom is -0.489 e. The van der Waals surface area contributed by atoms with Gasteiger partial charge in [0.15, 0.2) is 5.78 Å². The Morgan fingerprint density at radius 2 is 1.90 bits per heavy atom. The van der Waals surface area contributed by atoms with Gasteiger partial charge in [-0.15, -0.1) is 0 Å².